The molecule has 1 unspecified atom stereocenters. The number of rotatable bonds is 6. The highest BCUT2D eigenvalue weighted by molar-refractivity contribution is 6.31. The van der Waals surface area contributed by atoms with Gasteiger partial charge in [0.05, 0.1) is 5.02 Å². The van der Waals surface area contributed by atoms with E-state index in [0.717, 1.165) is 31.5 Å². The molecule has 0 aliphatic carbocycles. The molecule has 0 aromatic heterocycles. The highest BCUT2D eigenvalue weighted by Crippen LogP contribution is 2.23. The minimum absolute atomic E-state index is 0.276. The summed E-state index contributed by atoms with van der Waals surface area (Å²) in [5.74, 6) is 0.191. The van der Waals surface area contributed by atoms with E-state index in [2.05, 4.69) is 19.2 Å². The van der Waals surface area contributed by atoms with Crippen LogP contribution in [0.4, 0.5) is 4.39 Å². The molecule has 0 bridgehead atoms. The minimum atomic E-state index is -0.321. The van der Waals surface area contributed by atoms with Gasteiger partial charge in [0.25, 0.3) is 0 Å². The van der Waals surface area contributed by atoms with Gasteiger partial charge in [-0.25, -0.2) is 4.39 Å². The molecule has 0 saturated heterocycles. The fourth-order valence-electron chi connectivity index (χ4n) is 1.71. The van der Waals surface area contributed by atoms with E-state index in [0.29, 0.717) is 5.92 Å². The quantitative estimate of drug-likeness (QED) is 0.752. The summed E-state index contributed by atoms with van der Waals surface area (Å²) in [5.41, 5.74) is 0.908. The summed E-state index contributed by atoms with van der Waals surface area (Å²) in [6, 6.07) is 5.01. The third-order valence-corrected chi connectivity index (χ3v) is 3.09. The Morgan fingerprint density at radius 3 is 2.88 bits per heavy atom. The Balaban J connectivity index is 2.49. The van der Waals surface area contributed by atoms with Crippen molar-refractivity contribution in [3.63, 3.8) is 0 Å². The summed E-state index contributed by atoms with van der Waals surface area (Å²) >= 11 is 5.91. The van der Waals surface area contributed by atoms with Crippen LogP contribution in [0.5, 0.6) is 0 Å². The lowest BCUT2D eigenvalue weighted by Crippen LogP contribution is -2.17. The summed E-state index contributed by atoms with van der Waals surface area (Å²) in [6.07, 6.45) is 1.92. The fraction of sp³-hybridized carbons (Fsp3) is 0.538. The van der Waals surface area contributed by atoms with Crippen LogP contribution in [-0.2, 0) is 6.42 Å². The lowest BCUT2D eigenvalue weighted by atomic mass is 9.98. The first-order valence-corrected chi connectivity index (χ1v) is 6.16. The Morgan fingerprint density at radius 1 is 1.44 bits per heavy atom. The van der Waals surface area contributed by atoms with E-state index in [4.69, 9.17) is 11.6 Å². The zero-order chi connectivity index (χ0) is 12.0. The van der Waals surface area contributed by atoms with Crippen LogP contribution in [0, 0.1) is 11.7 Å². The summed E-state index contributed by atoms with van der Waals surface area (Å²) in [4.78, 5) is 0. The molecule has 3 heteroatoms. The van der Waals surface area contributed by atoms with Crippen molar-refractivity contribution in [2.24, 2.45) is 5.92 Å². The first kappa shape index (κ1) is 13.5. The Labute approximate surface area is 102 Å². The van der Waals surface area contributed by atoms with Crippen LogP contribution in [0.2, 0.25) is 5.02 Å². The Kier molecular flexibility index (Phi) is 5.78. The molecular weight excluding hydrogens is 225 g/mol. The third kappa shape index (κ3) is 4.11. The first-order valence-electron chi connectivity index (χ1n) is 5.78. The standard InChI is InChI=1S/C13H19ClFN/c1-3-16-8-7-10(2)9-11-5-4-6-12(15)13(11)14/h4-6,10,16H,3,7-9H2,1-2H3. The Hall–Kier alpha value is -0.600. The second kappa shape index (κ2) is 6.87. The Bertz CT molecular complexity index is 328. The maximum atomic E-state index is 13.2. The molecule has 90 valence electrons. The summed E-state index contributed by atoms with van der Waals surface area (Å²) < 4.78 is 13.2. The molecule has 1 aromatic rings. The van der Waals surface area contributed by atoms with E-state index < -0.39 is 0 Å². The number of halogens is 2. The first-order chi connectivity index (χ1) is 7.65. The minimum Gasteiger partial charge on any atom is -0.317 e. The average Bonchev–Trinajstić information content (AvgIpc) is 2.25. The summed E-state index contributed by atoms with van der Waals surface area (Å²) in [5, 5.41) is 3.56. The van der Waals surface area contributed by atoms with Crippen molar-refractivity contribution < 1.29 is 4.39 Å². The van der Waals surface area contributed by atoms with Gasteiger partial charge in [0.1, 0.15) is 5.82 Å². The predicted molar refractivity (Wildman–Crippen MR) is 67.4 cm³/mol. The normalized spacial score (nSPS) is 12.8. The van der Waals surface area contributed by atoms with Gasteiger partial charge in [-0.3, -0.25) is 0 Å². The van der Waals surface area contributed by atoms with Crippen LogP contribution in [-0.4, -0.2) is 13.1 Å². The van der Waals surface area contributed by atoms with E-state index in [-0.39, 0.29) is 10.8 Å². The van der Waals surface area contributed by atoms with Crippen LogP contribution in [0.15, 0.2) is 18.2 Å². The molecule has 16 heavy (non-hydrogen) atoms. The molecule has 0 radical (unpaired) electrons. The zero-order valence-electron chi connectivity index (χ0n) is 9.89. The third-order valence-electron chi connectivity index (χ3n) is 2.66. The molecular formula is C13H19ClFN. The molecule has 0 fully saturated rings. The van der Waals surface area contributed by atoms with Crippen molar-refractivity contribution in [2.75, 3.05) is 13.1 Å². The number of nitrogens with one attached hydrogen (secondary N) is 1. The number of hydrogen-bond acceptors (Lipinski definition) is 1. The zero-order valence-corrected chi connectivity index (χ0v) is 10.6. The molecule has 0 aliphatic rings. The lowest BCUT2D eigenvalue weighted by Gasteiger charge is -2.12. The molecule has 0 aliphatic heterocycles. The van der Waals surface area contributed by atoms with Crippen LogP contribution in [0.1, 0.15) is 25.8 Å². The second-order valence-electron chi connectivity index (χ2n) is 4.16. The maximum Gasteiger partial charge on any atom is 0.142 e. The van der Waals surface area contributed by atoms with Gasteiger partial charge in [-0.1, -0.05) is 37.6 Å². The van der Waals surface area contributed by atoms with Gasteiger partial charge in [0, 0.05) is 0 Å². The molecule has 0 heterocycles. The summed E-state index contributed by atoms with van der Waals surface area (Å²) in [7, 11) is 0. The number of hydrogen-bond donors (Lipinski definition) is 1. The largest absolute Gasteiger partial charge is 0.317 e. The molecule has 0 spiro atoms. The second-order valence-corrected chi connectivity index (χ2v) is 4.54. The van der Waals surface area contributed by atoms with Gasteiger partial charge in [-0.2, -0.15) is 0 Å². The fourth-order valence-corrected chi connectivity index (χ4v) is 1.91. The smallest absolute Gasteiger partial charge is 0.142 e. The molecule has 0 amide bonds. The Morgan fingerprint density at radius 2 is 2.19 bits per heavy atom. The van der Waals surface area contributed by atoms with Gasteiger partial charge in [0.2, 0.25) is 0 Å². The molecule has 1 aromatic carbocycles. The van der Waals surface area contributed by atoms with Gasteiger partial charge < -0.3 is 5.32 Å². The number of benzene rings is 1. The van der Waals surface area contributed by atoms with Gasteiger partial charge in [-0.05, 0) is 43.5 Å². The van der Waals surface area contributed by atoms with Crippen LogP contribution in [0.3, 0.4) is 0 Å². The molecule has 1 rings (SSSR count). The SMILES string of the molecule is CCNCCC(C)Cc1cccc(F)c1Cl. The highest BCUT2D eigenvalue weighted by Gasteiger charge is 2.09. The average molecular weight is 244 g/mol. The van der Waals surface area contributed by atoms with Crippen molar-refractivity contribution >= 4 is 11.6 Å². The van der Waals surface area contributed by atoms with Crippen molar-refractivity contribution in [1.82, 2.24) is 5.32 Å². The van der Waals surface area contributed by atoms with Crippen LogP contribution in [0.25, 0.3) is 0 Å². The van der Waals surface area contributed by atoms with E-state index >= 15 is 0 Å². The van der Waals surface area contributed by atoms with Crippen LogP contribution < -0.4 is 5.32 Å². The molecule has 1 atom stereocenters. The van der Waals surface area contributed by atoms with E-state index in [1.807, 2.05) is 6.07 Å². The van der Waals surface area contributed by atoms with Gasteiger partial charge in [0.15, 0.2) is 0 Å². The van der Waals surface area contributed by atoms with E-state index in [9.17, 15) is 4.39 Å². The van der Waals surface area contributed by atoms with Crippen molar-refractivity contribution in [2.45, 2.75) is 26.7 Å². The predicted octanol–water partition coefficient (Wildman–Crippen LogP) is 3.66. The monoisotopic (exact) mass is 243 g/mol. The molecule has 1 nitrogen and oxygen atoms in total. The molecule has 0 saturated carbocycles. The van der Waals surface area contributed by atoms with Crippen molar-refractivity contribution in [3.05, 3.63) is 34.6 Å². The van der Waals surface area contributed by atoms with Crippen molar-refractivity contribution in [1.29, 1.82) is 0 Å². The summed E-state index contributed by atoms with van der Waals surface area (Å²) in [6.45, 7) is 6.25. The van der Waals surface area contributed by atoms with E-state index in [1.165, 1.54) is 6.07 Å². The van der Waals surface area contributed by atoms with E-state index in [1.54, 1.807) is 6.07 Å². The van der Waals surface area contributed by atoms with Crippen molar-refractivity contribution in [3.8, 4) is 0 Å². The van der Waals surface area contributed by atoms with Gasteiger partial charge >= 0.3 is 0 Å². The van der Waals surface area contributed by atoms with Gasteiger partial charge in [-0.15, -0.1) is 0 Å². The maximum absolute atomic E-state index is 13.2. The lowest BCUT2D eigenvalue weighted by molar-refractivity contribution is 0.503. The van der Waals surface area contributed by atoms with Crippen LogP contribution >= 0.6 is 11.6 Å². The molecule has 1 N–H and O–H groups in total. The topological polar surface area (TPSA) is 12.0 Å². The highest BCUT2D eigenvalue weighted by atomic mass is 35.5.